The molecule has 2 aromatic heterocycles. The minimum atomic E-state index is -4.37. The van der Waals surface area contributed by atoms with Crippen molar-refractivity contribution in [2.45, 2.75) is 19.7 Å². The van der Waals surface area contributed by atoms with Gasteiger partial charge in [0, 0.05) is 24.6 Å². The van der Waals surface area contributed by atoms with E-state index in [0.29, 0.717) is 23.4 Å². The number of pyridine rings is 1. The molecule has 0 radical (unpaired) electrons. The third-order valence-electron chi connectivity index (χ3n) is 5.19. The average Bonchev–Trinajstić information content (AvgIpc) is 3.09. The molecule has 0 aliphatic rings. The maximum Gasteiger partial charge on any atom is 0.416 e. The fraction of sp³-hybridized carbons (Fsp3) is 0.167. The first kappa shape index (κ1) is 21.6. The summed E-state index contributed by atoms with van der Waals surface area (Å²) in [7, 11) is 1.61. The van der Waals surface area contributed by atoms with E-state index in [-0.39, 0.29) is 5.91 Å². The minimum absolute atomic E-state index is 0.293. The van der Waals surface area contributed by atoms with Crippen LogP contribution < -0.4 is 5.32 Å². The first-order valence-corrected chi connectivity index (χ1v) is 9.82. The highest BCUT2D eigenvalue weighted by Gasteiger charge is 2.29. The molecule has 0 saturated carbocycles. The van der Waals surface area contributed by atoms with E-state index in [1.165, 1.54) is 12.1 Å². The van der Waals surface area contributed by atoms with Gasteiger partial charge in [-0.3, -0.25) is 4.79 Å². The van der Waals surface area contributed by atoms with Crippen molar-refractivity contribution in [1.29, 1.82) is 0 Å². The molecule has 0 atom stereocenters. The molecule has 5 nitrogen and oxygen atoms in total. The van der Waals surface area contributed by atoms with Gasteiger partial charge in [-0.2, -0.15) is 13.2 Å². The number of hydrogen-bond acceptors (Lipinski definition) is 3. The van der Waals surface area contributed by atoms with E-state index >= 15 is 0 Å². The Labute approximate surface area is 182 Å². The lowest BCUT2D eigenvalue weighted by molar-refractivity contribution is -0.137. The van der Waals surface area contributed by atoms with Crippen molar-refractivity contribution in [2.75, 3.05) is 12.4 Å². The number of ether oxygens (including phenoxy) is 1. The van der Waals surface area contributed by atoms with Gasteiger partial charge in [0.1, 0.15) is 5.65 Å². The van der Waals surface area contributed by atoms with Crippen LogP contribution in [0.4, 0.5) is 18.9 Å². The highest BCUT2D eigenvalue weighted by Crippen LogP contribution is 2.31. The Bertz CT molecular complexity index is 1260. The number of rotatable bonds is 5. The van der Waals surface area contributed by atoms with E-state index in [1.54, 1.807) is 43.6 Å². The molecule has 1 amide bonds. The highest BCUT2D eigenvalue weighted by molar-refractivity contribution is 6.04. The first-order chi connectivity index (χ1) is 15.3. The Hall–Kier alpha value is -3.65. The number of imidazole rings is 1. The third-order valence-corrected chi connectivity index (χ3v) is 5.19. The number of methoxy groups -OCH3 is 1. The molecule has 164 valence electrons. The number of nitrogens with zero attached hydrogens (tertiary/aromatic N) is 2. The topological polar surface area (TPSA) is 55.6 Å². The fourth-order valence-electron chi connectivity index (χ4n) is 3.43. The number of aromatic nitrogens is 2. The van der Waals surface area contributed by atoms with Crippen LogP contribution in [0.1, 0.15) is 27.3 Å². The number of nitrogens with one attached hydrogen (secondary N) is 1. The molecule has 2 heterocycles. The maximum absolute atomic E-state index is 12.7. The Morgan fingerprint density at radius 1 is 1.00 bits per heavy atom. The molecule has 0 aliphatic carbocycles. The Kier molecular flexibility index (Phi) is 5.71. The number of carbonyl (C=O) groups excluding carboxylic acids is 1. The molecule has 1 N–H and O–H groups in total. The van der Waals surface area contributed by atoms with Crippen LogP contribution in [0.3, 0.4) is 0 Å². The molecule has 0 aliphatic heterocycles. The van der Waals surface area contributed by atoms with Gasteiger partial charge in [0.05, 0.1) is 23.6 Å². The molecule has 8 heteroatoms. The van der Waals surface area contributed by atoms with Crippen LogP contribution in [0.5, 0.6) is 0 Å². The molecule has 0 unspecified atom stereocenters. The molecular formula is C24H20F3N3O2. The number of aryl methyl sites for hydroxylation is 1. The predicted octanol–water partition coefficient (Wildman–Crippen LogP) is 5.73. The first-order valence-electron chi connectivity index (χ1n) is 9.82. The quantitative estimate of drug-likeness (QED) is 0.432. The second kappa shape index (κ2) is 8.47. The van der Waals surface area contributed by atoms with Gasteiger partial charge >= 0.3 is 6.18 Å². The van der Waals surface area contributed by atoms with Crippen LogP contribution in [-0.2, 0) is 17.5 Å². The lowest BCUT2D eigenvalue weighted by Gasteiger charge is -2.09. The highest BCUT2D eigenvalue weighted by atomic mass is 19.4. The normalized spacial score (nSPS) is 11.7. The summed E-state index contributed by atoms with van der Waals surface area (Å²) in [5.74, 6) is -0.293. The smallest absolute Gasteiger partial charge is 0.378 e. The predicted molar refractivity (Wildman–Crippen MR) is 115 cm³/mol. The zero-order chi connectivity index (χ0) is 22.9. The molecule has 2 aromatic carbocycles. The molecule has 0 bridgehead atoms. The Morgan fingerprint density at radius 3 is 2.22 bits per heavy atom. The van der Waals surface area contributed by atoms with Crippen molar-refractivity contribution in [3.8, 4) is 11.1 Å². The Morgan fingerprint density at radius 2 is 1.62 bits per heavy atom. The number of halogens is 3. The molecule has 32 heavy (non-hydrogen) atoms. The third kappa shape index (κ3) is 4.36. The van der Waals surface area contributed by atoms with Crippen molar-refractivity contribution < 1.29 is 22.7 Å². The lowest BCUT2D eigenvalue weighted by atomic mass is 10.0. The zero-order valence-electron chi connectivity index (χ0n) is 17.4. The Balaban J connectivity index is 1.50. The summed E-state index contributed by atoms with van der Waals surface area (Å²) >= 11 is 0. The standard InChI is InChI=1S/C24H20F3N3O2/c1-15-21(14-32-2)29-22-12-11-20(13-30(15)22)28-23(31)18-5-3-16(4-6-18)17-7-9-19(10-8-17)24(25,26)27/h3-13H,14H2,1-2H3,(H,28,31). The molecule has 0 saturated heterocycles. The molecule has 0 fully saturated rings. The van der Waals surface area contributed by atoms with Crippen LogP contribution in [-0.4, -0.2) is 22.4 Å². The number of alkyl halides is 3. The average molecular weight is 439 g/mol. The summed E-state index contributed by atoms with van der Waals surface area (Å²) in [5.41, 5.74) is 4.22. The molecule has 0 spiro atoms. The SMILES string of the molecule is COCc1nc2ccc(NC(=O)c3ccc(-c4ccc(C(F)(F)F)cc4)cc3)cn2c1C. The molecule has 4 aromatic rings. The fourth-order valence-corrected chi connectivity index (χ4v) is 3.43. The summed E-state index contributed by atoms with van der Waals surface area (Å²) in [6.45, 7) is 2.33. The van der Waals surface area contributed by atoms with Gasteiger partial charge in [-0.05, 0) is 54.4 Å². The monoisotopic (exact) mass is 439 g/mol. The van der Waals surface area contributed by atoms with Crippen LogP contribution in [0, 0.1) is 6.92 Å². The van der Waals surface area contributed by atoms with E-state index in [1.807, 2.05) is 17.4 Å². The maximum atomic E-state index is 12.7. The van der Waals surface area contributed by atoms with E-state index < -0.39 is 11.7 Å². The summed E-state index contributed by atoms with van der Waals surface area (Å²) in [4.78, 5) is 17.2. The van der Waals surface area contributed by atoms with Crippen molar-refractivity contribution in [3.63, 3.8) is 0 Å². The summed E-state index contributed by atoms with van der Waals surface area (Å²) < 4.78 is 45.2. The van der Waals surface area contributed by atoms with E-state index in [4.69, 9.17) is 4.74 Å². The summed E-state index contributed by atoms with van der Waals surface area (Å²) in [6, 6.07) is 15.2. The second-order valence-electron chi connectivity index (χ2n) is 7.33. The summed E-state index contributed by atoms with van der Waals surface area (Å²) in [6.07, 6.45) is -2.57. The summed E-state index contributed by atoms with van der Waals surface area (Å²) in [5, 5.41) is 2.86. The van der Waals surface area contributed by atoms with Crippen LogP contribution in [0.15, 0.2) is 66.9 Å². The van der Waals surface area contributed by atoms with Crippen molar-refractivity contribution in [2.24, 2.45) is 0 Å². The number of carbonyl (C=O) groups is 1. The van der Waals surface area contributed by atoms with Gasteiger partial charge in [-0.1, -0.05) is 24.3 Å². The van der Waals surface area contributed by atoms with Crippen LogP contribution in [0.2, 0.25) is 0 Å². The van der Waals surface area contributed by atoms with Gasteiger partial charge in [-0.25, -0.2) is 4.98 Å². The minimum Gasteiger partial charge on any atom is -0.378 e. The van der Waals surface area contributed by atoms with Crippen molar-refractivity contribution in [1.82, 2.24) is 9.38 Å². The molecular weight excluding hydrogens is 419 g/mol. The van der Waals surface area contributed by atoms with E-state index in [9.17, 15) is 18.0 Å². The van der Waals surface area contributed by atoms with Gasteiger partial charge < -0.3 is 14.5 Å². The van der Waals surface area contributed by atoms with Crippen molar-refractivity contribution >= 4 is 17.2 Å². The van der Waals surface area contributed by atoms with Crippen LogP contribution >= 0.6 is 0 Å². The van der Waals surface area contributed by atoms with E-state index in [0.717, 1.165) is 34.7 Å². The number of hydrogen-bond donors (Lipinski definition) is 1. The van der Waals surface area contributed by atoms with Crippen molar-refractivity contribution in [3.05, 3.63) is 89.4 Å². The van der Waals surface area contributed by atoms with Crippen LogP contribution in [0.25, 0.3) is 16.8 Å². The zero-order valence-corrected chi connectivity index (χ0v) is 17.4. The number of fused-ring (bicyclic) bond motifs is 1. The lowest BCUT2D eigenvalue weighted by Crippen LogP contribution is -2.12. The van der Waals surface area contributed by atoms with Gasteiger partial charge in [0.25, 0.3) is 5.91 Å². The molecule has 4 rings (SSSR count). The van der Waals surface area contributed by atoms with Gasteiger partial charge in [-0.15, -0.1) is 0 Å². The largest absolute Gasteiger partial charge is 0.416 e. The number of benzene rings is 2. The second-order valence-corrected chi connectivity index (χ2v) is 7.33. The van der Waals surface area contributed by atoms with Gasteiger partial charge in [0.15, 0.2) is 0 Å². The number of amides is 1. The van der Waals surface area contributed by atoms with Gasteiger partial charge in [0.2, 0.25) is 0 Å². The number of anilines is 1. The van der Waals surface area contributed by atoms with E-state index in [2.05, 4.69) is 10.3 Å².